The van der Waals surface area contributed by atoms with Gasteiger partial charge in [0.05, 0.1) is 0 Å². The predicted octanol–water partition coefficient (Wildman–Crippen LogP) is 1.44. The van der Waals surface area contributed by atoms with Crippen molar-refractivity contribution in [3.63, 3.8) is 0 Å². The van der Waals surface area contributed by atoms with E-state index < -0.39 is 6.04 Å². The molecule has 2 atom stereocenters. The molecule has 0 spiro atoms. The molecule has 0 aromatic heterocycles. The molecule has 0 saturated heterocycles. The molecule has 2 unspecified atom stereocenters. The molecule has 0 aliphatic carbocycles. The second kappa shape index (κ2) is 6.08. The van der Waals surface area contributed by atoms with Gasteiger partial charge in [-0.2, -0.15) is 0 Å². The first kappa shape index (κ1) is 13.9. The van der Waals surface area contributed by atoms with Crippen molar-refractivity contribution in [3.05, 3.63) is 35.4 Å². The highest BCUT2D eigenvalue weighted by atomic mass is 16.2. The molecule has 102 valence electrons. The molecule has 2 rings (SSSR count). The summed E-state index contributed by atoms with van der Waals surface area (Å²) in [7, 11) is 0. The number of nitrogens with two attached hydrogens (primary N) is 1. The molecule has 0 amide bonds. The third-order valence-corrected chi connectivity index (χ3v) is 3.60. The summed E-state index contributed by atoms with van der Waals surface area (Å²) in [5.41, 5.74) is 8.13. The van der Waals surface area contributed by atoms with Crippen molar-refractivity contribution in [2.45, 2.75) is 38.4 Å². The minimum absolute atomic E-state index is 0.0428. The standard InChI is InChI=1S/C15H20N2O2/c1-2-5-12(16)9-17-8-11-6-3-4-7-13(11)15(17)14(19)10-18/h3-4,6-7,10,12,15H,2,5,8-9,16H2,1H3. The topological polar surface area (TPSA) is 63.4 Å². The Morgan fingerprint density at radius 2 is 2.26 bits per heavy atom. The number of hydrogen-bond donors (Lipinski definition) is 1. The van der Waals surface area contributed by atoms with Gasteiger partial charge in [-0.25, -0.2) is 0 Å². The van der Waals surface area contributed by atoms with Crippen molar-refractivity contribution in [1.29, 1.82) is 0 Å². The van der Waals surface area contributed by atoms with Crippen molar-refractivity contribution >= 4 is 12.1 Å². The van der Waals surface area contributed by atoms with Crippen molar-refractivity contribution in [2.24, 2.45) is 5.73 Å². The lowest BCUT2D eigenvalue weighted by atomic mass is 10.0. The van der Waals surface area contributed by atoms with Gasteiger partial charge in [-0.15, -0.1) is 0 Å². The summed E-state index contributed by atoms with van der Waals surface area (Å²) < 4.78 is 0. The minimum Gasteiger partial charge on any atom is -0.327 e. The van der Waals surface area contributed by atoms with E-state index >= 15 is 0 Å². The number of carbonyl (C=O) groups is 2. The van der Waals surface area contributed by atoms with Crippen molar-refractivity contribution in [3.8, 4) is 0 Å². The van der Waals surface area contributed by atoms with Gasteiger partial charge < -0.3 is 5.73 Å². The number of Topliss-reactive ketones (excluding diaryl/α,β-unsaturated/α-hetero) is 1. The van der Waals surface area contributed by atoms with Gasteiger partial charge in [-0.1, -0.05) is 37.6 Å². The number of hydrogen-bond acceptors (Lipinski definition) is 4. The quantitative estimate of drug-likeness (QED) is 0.621. The lowest BCUT2D eigenvalue weighted by Gasteiger charge is -2.25. The largest absolute Gasteiger partial charge is 0.327 e. The molecule has 1 aliphatic heterocycles. The second-order valence-corrected chi connectivity index (χ2v) is 5.10. The number of benzene rings is 1. The maximum atomic E-state index is 11.9. The van der Waals surface area contributed by atoms with E-state index in [-0.39, 0.29) is 11.8 Å². The second-order valence-electron chi connectivity index (χ2n) is 5.10. The average Bonchev–Trinajstić information content (AvgIpc) is 2.75. The van der Waals surface area contributed by atoms with Gasteiger partial charge in [0.1, 0.15) is 6.04 Å². The number of aldehydes is 1. The zero-order valence-corrected chi connectivity index (χ0v) is 11.2. The van der Waals surface area contributed by atoms with Crippen LogP contribution in [0.5, 0.6) is 0 Å². The highest BCUT2D eigenvalue weighted by molar-refractivity contribution is 6.27. The molecule has 0 radical (unpaired) electrons. The van der Waals surface area contributed by atoms with Crippen LogP contribution < -0.4 is 5.73 Å². The molecule has 4 heteroatoms. The molecule has 19 heavy (non-hydrogen) atoms. The molecule has 2 N–H and O–H groups in total. The van der Waals surface area contributed by atoms with E-state index in [1.807, 2.05) is 29.2 Å². The van der Waals surface area contributed by atoms with Gasteiger partial charge in [-0.05, 0) is 17.5 Å². The van der Waals surface area contributed by atoms with E-state index in [2.05, 4.69) is 6.92 Å². The monoisotopic (exact) mass is 260 g/mol. The van der Waals surface area contributed by atoms with E-state index in [0.717, 1.165) is 24.0 Å². The van der Waals surface area contributed by atoms with Crippen LogP contribution >= 0.6 is 0 Å². The Morgan fingerprint density at radius 1 is 1.53 bits per heavy atom. The van der Waals surface area contributed by atoms with Crippen LogP contribution in [0.4, 0.5) is 0 Å². The lowest BCUT2D eigenvalue weighted by Crippen LogP contribution is -2.39. The smallest absolute Gasteiger partial charge is 0.216 e. The summed E-state index contributed by atoms with van der Waals surface area (Å²) in [6.07, 6.45) is 2.37. The molecule has 4 nitrogen and oxygen atoms in total. The van der Waals surface area contributed by atoms with Gasteiger partial charge >= 0.3 is 0 Å². The van der Waals surface area contributed by atoms with Gasteiger partial charge in [0, 0.05) is 19.1 Å². The Hall–Kier alpha value is -1.52. The molecule has 0 bridgehead atoms. The van der Waals surface area contributed by atoms with Crippen molar-refractivity contribution in [1.82, 2.24) is 4.90 Å². The van der Waals surface area contributed by atoms with E-state index in [4.69, 9.17) is 5.73 Å². The summed E-state index contributed by atoms with van der Waals surface area (Å²) in [5.74, 6) is -0.381. The number of fused-ring (bicyclic) bond motifs is 1. The van der Waals surface area contributed by atoms with Crippen molar-refractivity contribution < 1.29 is 9.59 Å². The molecular weight excluding hydrogens is 240 g/mol. The van der Waals surface area contributed by atoms with Crippen LogP contribution in [-0.4, -0.2) is 29.6 Å². The summed E-state index contributed by atoms with van der Waals surface area (Å²) in [4.78, 5) is 24.7. The molecular formula is C15H20N2O2. The Bertz CT molecular complexity index is 473. The highest BCUT2D eigenvalue weighted by Crippen LogP contribution is 2.33. The summed E-state index contributed by atoms with van der Waals surface area (Å²) >= 11 is 0. The molecule has 1 aromatic rings. The zero-order valence-electron chi connectivity index (χ0n) is 11.2. The van der Waals surface area contributed by atoms with E-state index in [1.165, 1.54) is 0 Å². The fourth-order valence-corrected chi connectivity index (χ4v) is 2.78. The van der Waals surface area contributed by atoms with Crippen LogP contribution in [0.1, 0.15) is 36.9 Å². The summed E-state index contributed by atoms with van der Waals surface area (Å²) in [6.45, 7) is 3.43. The van der Waals surface area contributed by atoms with Gasteiger partial charge in [-0.3, -0.25) is 14.5 Å². The van der Waals surface area contributed by atoms with Crippen LogP contribution in [-0.2, 0) is 16.1 Å². The Kier molecular flexibility index (Phi) is 4.45. The minimum atomic E-state index is -0.448. The fourth-order valence-electron chi connectivity index (χ4n) is 2.78. The van der Waals surface area contributed by atoms with Crippen LogP contribution in [0.15, 0.2) is 24.3 Å². The Morgan fingerprint density at radius 3 is 2.95 bits per heavy atom. The molecule has 1 heterocycles. The van der Waals surface area contributed by atoms with E-state index in [1.54, 1.807) is 0 Å². The van der Waals surface area contributed by atoms with E-state index in [0.29, 0.717) is 19.4 Å². The van der Waals surface area contributed by atoms with Gasteiger partial charge in [0.25, 0.3) is 0 Å². The number of nitrogens with zero attached hydrogens (tertiary/aromatic N) is 1. The van der Waals surface area contributed by atoms with Crippen LogP contribution in [0.3, 0.4) is 0 Å². The van der Waals surface area contributed by atoms with Crippen LogP contribution in [0.25, 0.3) is 0 Å². The molecule has 1 aromatic carbocycles. The normalized spacial score (nSPS) is 20.0. The molecule has 1 aliphatic rings. The lowest BCUT2D eigenvalue weighted by molar-refractivity contribution is -0.133. The van der Waals surface area contributed by atoms with Crippen LogP contribution in [0, 0.1) is 0 Å². The average molecular weight is 260 g/mol. The summed E-state index contributed by atoms with van der Waals surface area (Å²) in [6, 6.07) is 7.38. The predicted molar refractivity (Wildman–Crippen MR) is 73.5 cm³/mol. The van der Waals surface area contributed by atoms with Crippen molar-refractivity contribution in [2.75, 3.05) is 6.54 Å². The maximum Gasteiger partial charge on any atom is 0.216 e. The van der Waals surface area contributed by atoms with E-state index in [9.17, 15) is 9.59 Å². The highest BCUT2D eigenvalue weighted by Gasteiger charge is 2.35. The number of rotatable bonds is 6. The van der Waals surface area contributed by atoms with Gasteiger partial charge in [0.2, 0.25) is 5.78 Å². The van der Waals surface area contributed by atoms with Gasteiger partial charge in [0.15, 0.2) is 6.29 Å². The number of carbonyl (C=O) groups excluding carboxylic acids is 2. The third kappa shape index (κ3) is 2.91. The first-order chi connectivity index (χ1) is 9.17. The summed E-state index contributed by atoms with van der Waals surface area (Å²) in [5, 5.41) is 0. The Labute approximate surface area is 113 Å². The first-order valence-corrected chi connectivity index (χ1v) is 6.73. The number of ketones is 1. The zero-order chi connectivity index (χ0) is 13.8. The molecule has 0 fully saturated rings. The first-order valence-electron chi connectivity index (χ1n) is 6.73. The van der Waals surface area contributed by atoms with Crippen LogP contribution in [0.2, 0.25) is 0 Å². The molecule has 0 saturated carbocycles. The SMILES string of the molecule is CCCC(N)CN1Cc2ccccc2C1C(=O)C=O. The third-order valence-electron chi connectivity index (χ3n) is 3.60. The maximum absolute atomic E-state index is 11.9. The fraction of sp³-hybridized carbons (Fsp3) is 0.467. The Balaban J connectivity index is 2.21.